The van der Waals surface area contributed by atoms with E-state index in [1.54, 1.807) is 18.3 Å². The van der Waals surface area contributed by atoms with Gasteiger partial charge in [0.15, 0.2) is 0 Å². The summed E-state index contributed by atoms with van der Waals surface area (Å²) in [6.07, 6.45) is 0. The van der Waals surface area contributed by atoms with Gasteiger partial charge < -0.3 is 5.32 Å². The Bertz CT molecular complexity index is 259. The van der Waals surface area contributed by atoms with E-state index in [0.29, 0.717) is 6.54 Å². The lowest BCUT2D eigenvalue weighted by molar-refractivity contribution is -0.115. The van der Waals surface area contributed by atoms with E-state index in [0.717, 1.165) is 8.79 Å². The Morgan fingerprint density at radius 2 is 2.45 bits per heavy atom. The Hall–Kier alpha value is -0.350. The fourth-order valence-corrected chi connectivity index (χ4v) is 1.90. The molecule has 4 heteroatoms. The van der Waals surface area contributed by atoms with Gasteiger partial charge in [0.05, 0.1) is 15.3 Å². The van der Waals surface area contributed by atoms with Crippen molar-refractivity contribution in [3.05, 3.63) is 15.9 Å². The van der Waals surface area contributed by atoms with Crippen molar-refractivity contribution in [2.45, 2.75) is 6.92 Å². The molecule has 1 N–H and O–H groups in total. The minimum Gasteiger partial charge on any atom is -0.370 e. The molecule has 0 radical (unpaired) electrons. The van der Waals surface area contributed by atoms with Crippen LogP contribution in [0, 0.1) is 0 Å². The van der Waals surface area contributed by atoms with Gasteiger partial charge in [-0.25, -0.2) is 0 Å². The molecule has 0 aliphatic heterocycles. The second-order valence-corrected chi connectivity index (χ2v) is 4.62. The number of anilines is 1. The highest BCUT2D eigenvalue weighted by Crippen LogP contribution is 2.25. The van der Waals surface area contributed by atoms with Gasteiger partial charge in [0, 0.05) is 0 Å². The van der Waals surface area contributed by atoms with Crippen LogP contribution in [0.1, 0.15) is 6.92 Å². The number of hydrogen-bond donors (Lipinski definition) is 1. The van der Waals surface area contributed by atoms with Crippen LogP contribution in [0.4, 0.5) is 5.00 Å². The van der Waals surface area contributed by atoms with Gasteiger partial charge in [-0.2, -0.15) is 0 Å². The SMILES string of the molecule is CC(=O)CNc1ccc(Br)s1. The second-order valence-electron chi connectivity index (χ2n) is 2.16. The van der Waals surface area contributed by atoms with Crippen molar-refractivity contribution < 1.29 is 4.79 Å². The highest BCUT2D eigenvalue weighted by molar-refractivity contribution is 9.11. The molecule has 0 saturated heterocycles. The second kappa shape index (κ2) is 3.88. The van der Waals surface area contributed by atoms with E-state index in [4.69, 9.17) is 0 Å². The summed E-state index contributed by atoms with van der Waals surface area (Å²) < 4.78 is 1.07. The van der Waals surface area contributed by atoms with Crippen molar-refractivity contribution in [3.8, 4) is 0 Å². The molecule has 0 fully saturated rings. The van der Waals surface area contributed by atoms with Crippen LogP contribution in [0.5, 0.6) is 0 Å². The number of nitrogens with one attached hydrogen (secondary N) is 1. The first kappa shape index (κ1) is 8.74. The molecule has 0 saturated carbocycles. The average molecular weight is 234 g/mol. The summed E-state index contributed by atoms with van der Waals surface area (Å²) in [6.45, 7) is 1.97. The number of ketones is 1. The highest BCUT2D eigenvalue weighted by Gasteiger charge is 1.96. The van der Waals surface area contributed by atoms with Gasteiger partial charge in [0.1, 0.15) is 5.78 Å². The first-order valence-electron chi connectivity index (χ1n) is 3.17. The number of carbonyl (C=O) groups is 1. The molecule has 1 rings (SSSR count). The molecule has 0 spiro atoms. The number of carbonyl (C=O) groups excluding carboxylic acids is 1. The van der Waals surface area contributed by atoms with E-state index in [2.05, 4.69) is 21.2 Å². The fourth-order valence-electron chi connectivity index (χ4n) is 0.621. The van der Waals surface area contributed by atoms with E-state index in [1.807, 2.05) is 12.1 Å². The zero-order valence-electron chi connectivity index (χ0n) is 6.06. The molecule has 60 valence electrons. The zero-order valence-corrected chi connectivity index (χ0v) is 8.46. The van der Waals surface area contributed by atoms with Gasteiger partial charge >= 0.3 is 0 Å². The molecule has 0 aromatic carbocycles. The van der Waals surface area contributed by atoms with Gasteiger partial charge in [-0.15, -0.1) is 11.3 Å². The minimum atomic E-state index is 0.148. The topological polar surface area (TPSA) is 29.1 Å². The summed E-state index contributed by atoms with van der Waals surface area (Å²) in [6, 6.07) is 3.89. The lowest BCUT2D eigenvalue weighted by Gasteiger charge is -1.96. The van der Waals surface area contributed by atoms with E-state index in [-0.39, 0.29) is 5.78 Å². The predicted octanol–water partition coefficient (Wildman–Crippen LogP) is 2.51. The maximum absolute atomic E-state index is 10.6. The zero-order chi connectivity index (χ0) is 8.27. The third-order valence-electron chi connectivity index (χ3n) is 1.08. The van der Waals surface area contributed by atoms with Crippen molar-refractivity contribution in [3.63, 3.8) is 0 Å². The monoisotopic (exact) mass is 233 g/mol. The van der Waals surface area contributed by atoms with Crippen LogP contribution >= 0.6 is 27.3 Å². The maximum atomic E-state index is 10.6. The molecular weight excluding hydrogens is 226 g/mol. The molecule has 0 aliphatic rings. The summed E-state index contributed by atoms with van der Waals surface area (Å²) in [5.41, 5.74) is 0. The Morgan fingerprint density at radius 1 is 1.73 bits per heavy atom. The van der Waals surface area contributed by atoms with Crippen LogP contribution in [-0.2, 0) is 4.79 Å². The Morgan fingerprint density at radius 3 is 2.91 bits per heavy atom. The fraction of sp³-hybridized carbons (Fsp3) is 0.286. The molecule has 0 amide bonds. The van der Waals surface area contributed by atoms with Crippen LogP contribution < -0.4 is 5.32 Å². The predicted molar refractivity (Wildman–Crippen MR) is 51.2 cm³/mol. The van der Waals surface area contributed by atoms with E-state index < -0.39 is 0 Å². The highest BCUT2D eigenvalue weighted by atomic mass is 79.9. The third-order valence-corrected chi connectivity index (χ3v) is 2.67. The normalized spacial score (nSPS) is 9.64. The Balaban J connectivity index is 2.45. The van der Waals surface area contributed by atoms with E-state index in [1.165, 1.54) is 0 Å². The Kier molecular flexibility index (Phi) is 3.08. The first-order valence-corrected chi connectivity index (χ1v) is 4.78. The number of rotatable bonds is 3. The van der Waals surface area contributed by atoms with Crippen molar-refractivity contribution in [2.24, 2.45) is 0 Å². The molecular formula is C7H8BrNOS. The molecule has 1 heterocycles. The summed E-state index contributed by atoms with van der Waals surface area (Å²) in [5, 5.41) is 4.02. The van der Waals surface area contributed by atoms with Crippen molar-refractivity contribution in [1.29, 1.82) is 0 Å². The van der Waals surface area contributed by atoms with Crippen LogP contribution in [-0.4, -0.2) is 12.3 Å². The molecule has 1 aromatic heterocycles. The summed E-state index contributed by atoms with van der Waals surface area (Å²) >= 11 is 4.92. The van der Waals surface area contributed by atoms with E-state index >= 15 is 0 Å². The van der Waals surface area contributed by atoms with Crippen molar-refractivity contribution in [2.75, 3.05) is 11.9 Å². The largest absolute Gasteiger partial charge is 0.370 e. The maximum Gasteiger partial charge on any atom is 0.148 e. The van der Waals surface area contributed by atoms with Crippen molar-refractivity contribution >= 4 is 38.1 Å². The van der Waals surface area contributed by atoms with Crippen LogP contribution in [0.2, 0.25) is 0 Å². The Labute approximate surface area is 77.7 Å². The smallest absolute Gasteiger partial charge is 0.148 e. The number of halogens is 1. The quantitative estimate of drug-likeness (QED) is 0.870. The molecule has 2 nitrogen and oxygen atoms in total. The lowest BCUT2D eigenvalue weighted by Crippen LogP contribution is -2.08. The average Bonchev–Trinajstić information content (AvgIpc) is 2.31. The van der Waals surface area contributed by atoms with Gasteiger partial charge in [-0.05, 0) is 35.0 Å². The molecule has 1 aromatic rings. The van der Waals surface area contributed by atoms with Crippen LogP contribution in [0.3, 0.4) is 0 Å². The minimum absolute atomic E-state index is 0.148. The standard InChI is InChI=1S/C7H8BrNOS/c1-5(10)4-9-7-3-2-6(8)11-7/h2-3,9H,4H2,1H3. The first-order chi connectivity index (χ1) is 5.18. The number of hydrogen-bond acceptors (Lipinski definition) is 3. The third kappa shape index (κ3) is 3.03. The number of Topliss-reactive ketones (excluding diaryl/α,β-unsaturated/α-hetero) is 1. The van der Waals surface area contributed by atoms with Crippen LogP contribution in [0.25, 0.3) is 0 Å². The molecule has 0 aliphatic carbocycles. The van der Waals surface area contributed by atoms with Crippen molar-refractivity contribution in [1.82, 2.24) is 0 Å². The van der Waals surface area contributed by atoms with E-state index in [9.17, 15) is 4.79 Å². The molecule has 0 unspecified atom stereocenters. The molecule has 11 heavy (non-hydrogen) atoms. The van der Waals surface area contributed by atoms with Gasteiger partial charge in [0.25, 0.3) is 0 Å². The summed E-state index contributed by atoms with van der Waals surface area (Å²) in [5.74, 6) is 0.148. The molecule has 0 atom stereocenters. The van der Waals surface area contributed by atoms with Gasteiger partial charge in [-0.3, -0.25) is 4.79 Å². The summed E-state index contributed by atoms with van der Waals surface area (Å²) in [7, 11) is 0. The lowest BCUT2D eigenvalue weighted by atomic mass is 10.4. The summed E-state index contributed by atoms with van der Waals surface area (Å²) in [4.78, 5) is 10.6. The molecule has 0 bridgehead atoms. The number of thiophene rings is 1. The van der Waals surface area contributed by atoms with Gasteiger partial charge in [-0.1, -0.05) is 0 Å². The van der Waals surface area contributed by atoms with Gasteiger partial charge in [0.2, 0.25) is 0 Å². The van der Waals surface area contributed by atoms with Crippen LogP contribution in [0.15, 0.2) is 15.9 Å².